The molecule has 0 bridgehead atoms. The third-order valence-electron chi connectivity index (χ3n) is 13.6. The highest BCUT2D eigenvalue weighted by molar-refractivity contribution is 6.22. The molecule has 11 aromatic carbocycles. The Hall–Kier alpha value is -8.00. The molecule has 64 heavy (non-hydrogen) atoms. The monoisotopic (exact) mass is 815 g/mol. The molecule has 0 amide bonds. The molecule has 0 spiro atoms. The van der Waals surface area contributed by atoms with Gasteiger partial charge in [-0.25, -0.2) is 0 Å². The van der Waals surface area contributed by atoms with Crippen molar-refractivity contribution in [2.24, 2.45) is 0 Å². The van der Waals surface area contributed by atoms with Crippen LogP contribution in [0, 0.1) is 13.8 Å². The number of fused-ring (bicyclic) bond motifs is 6. The Morgan fingerprint density at radius 2 is 0.766 bits per heavy atom. The maximum absolute atomic E-state index is 2.47. The summed E-state index contributed by atoms with van der Waals surface area (Å²) in [6.07, 6.45) is 0. The minimum absolute atomic E-state index is 0.433. The van der Waals surface area contributed by atoms with Gasteiger partial charge in [-0.15, -0.1) is 0 Å². The van der Waals surface area contributed by atoms with E-state index < -0.39 is 5.41 Å². The van der Waals surface area contributed by atoms with Gasteiger partial charge in [0.2, 0.25) is 0 Å². The lowest BCUT2D eigenvalue weighted by Gasteiger charge is -2.33. The molecular formula is C63H45N. The molecule has 0 heterocycles. The summed E-state index contributed by atoms with van der Waals surface area (Å²) in [4.78, 5) is 2.37. The van der Waals surface area contributed by atoms with Crippen molar-refractivity contribution in [2.75, 3.05) is 4.90 Å². The van der Waals surface area contributed by atoms with Crippen LogP contribution in [0.5, 0.6) is 0 Å². The van der Waals surface area contributed by atoms with Gasteiger partial charge < -0.3 is 4.90 Å². The van der Waals surface area contributed by atoms with Gasteiger partial charge >= 0.3 is 0 Å². The van der Waals surface area contributed by atoms with E-state index in [-0.39, 0.29) is 0 Å². The van der Waals surface area contributed by atoms with Crippen molar-refractivity contribution in [1.82, 2.24) is 0 Å². The molecule has 0 unspecified atom stereocenters. The second-order valence-corrected chi connectivity index (χ2v) is 17.4. The maximum atomic E-state index is 2.47. The first-order chi connectivity index (χ1) is 31.6. The Bertz CT molecular complexity index is 3440. The summed E-state index contributed by atoms with van der Waals surface area (Å²) in [6.45, 7) is 4.32. The van der Waals surface area contributed by atoms with Gasteiger partial charge in [-0.1, -0.05) is 188 Å². The van der Waals surface area contributed by atoms with Gasteiger partial charge in [0.05, 0.1) is 5.41 Å². The predicted molar refractivity (Wildman–Crippen MR) is 271 cm³/mol. The zero-order valence-corrected chi connectivity index (χ0v) is 36.0. The van der Waals surface area contributed by atoms with E-state index in [0.29, 0.717) is 0 Å². The van der Waals surface area contributed by atoms with E-state index >= 15 is 0 Å². The summed E-state index contributed by atoms with van der Waals surface area (Å²) < 4.78 is 0. The molecule has 0 atom stereocenters. The zero-order valence-electron chi connectivity index (χ0n) is 36.0. The molecule has 1 aliphatic carbocycles. The van der Waals surface area contributed by atoms with Crippen molar-refractivity contribution in [3.63, 3.8) is 0 Å². The molecule has 0 N–H and O–H groups in total. The summed E-state index contributed by atoms with van der Waals surface area (Å²) in [5, 5.41) is 7.42. The third kappa shape index (κ3) is 5.93. The third-order valence-corrected chi connectivity index (χ3v) is 13.6. The fraction of sp³-hybridized carbons (Fsp3) is 0.0476. The number of nitrogens with zero attached hydrogens (tertiary/aromatic N) is 1. The second-order valence-electron chi connectivity index (χ2n) is 17.4. The van der Waals surface area contributed by atoms with Gasteiger partial charge in [-0.2, -0.15) is 0 Å². The number of hydrogen-bond acceptors (Lipinski definition) is 1. The standard InChI is InChI=1S/C63H45N/c1-42-17-15-23-50(37-42)64(51-24-16-18-43(2)38-51)52-35-33-44-39-46(32-31-45(44)40-52)61-54-26-9-11-28-56(54)62(57-29-12-10-27-55(57)61)47-34-36-60-58(41-47)53-25-13-14-30-59(53)63(60,48-19-5-3-6-20-48)49-21-7-4-8-22-49/h3-41H,1-2H3. The fourth-order valence-corrected chi connectivity index (χ4v) is 10.9. The highest BCUT2D eigenvalue weighted by atomic mass is 15.1. The number of hydrogen-bond donors (Lipinski definition) is 0. The molecule has 0 fully saturated rings. The van der Waals surface area contributed by atoms with Crippen molar-refractivity contribution in [3.8, 4) is 33.4 Å². The topological polar surface area (TPSA) is 3.24 Å². The van der Waals surface area contributed by atoms with Gasteiger partial charge in [0.25, 0.3) is 0 Å². The SMILES string of the molecule is Cc1cccc(N(c2cccc(C)c2)c2ccc3cc(-c4c5ccccc5c(-c5ccc6c(c5)-c5ccccc5C6(c5ccccc5)c5ccccc5)c5ccccc45)ccc3c2)c1. The van der Waals surface area contributed by atoms with Gasteiger partial charge in [-0.3, -0.25) is 0 Å². The van der Waals surface area contributed by atoms with Crippen LogP contribution in [0.15, 0.2) is 237 Å². The van der Waals surface area contributed by atoms with E-state index in [1.807, 2.05) is 0 Å². The summed E-state index contributed by atoms with van der Waals surface area (Å²) in [6, 6.07) is 87.9. The van der Waals surface area contributed by atoms with Crippen LogP contribution < -0.4 is 4.90 Å². The number of rotatable bonds is 7. The first kappa shape index (κ1) is 37.7. The lowest BCUT2D eigenvalue weighted by molar-refractivity contribution is 0.768. The molecule has 1 nitrogen and oxygen atoms in total. The quantitative estimate of drug-likeness (QED) is 0.145. The Balaban J connectivity index is 1.03. The van der Waals surface area contributed by atoms with Crippen LogP contribution in [-0.4, -0.2) is 0 Å². The van der Waals surface area contributed by atoms with E-state index in [4.69, 9.17) is 0 Å². The average Bonchev–Trinajstić information content (AvgIpc) is 3.64. The molecule has 302 valence electrons. The molecule has 0 aliphatic heterocycles. The summed E-state index contributed by atoms with van der Waals surface area (Å²) >= 11 is 0. The highest BCUT2D eigenvalue weighted by Gasteiger charge is 2.46. The number of benzene rings is 11. The molecule has 11 aromatic rings. The summed E-state index contributed by atoms with van der Waals surface area (Å²) in [7, 11) is 0. The zero-order chi connectivity index (χ0) is 42.8. The van der Waals surface area contributed by atoms with Crippen LogP contribution in [-0.2, 0) is 5.41 Å². The lowest BCUT2D eigenvalue weighted by atomic mass is 9.67. The van der Waals surface area contributed by atoms with Gasteiger partial charge in [-0.05, 0) is 161 Å². The predicted octanol–water partition coefficient (Wildman–Crippen LogP) is 16.9. The van der Waals surface area contributed by atoms with Crippen molar-refractivity contribution in [2.45, 2.75) is 19.3 Å². The second kappa shape index (κ2) is 15.1. The Labute approximate surface area is 375 Å². The molecule has 0 saturated heterocycles. The Kier molecular flexibility index (Phi) is 8.91. The minimum atomic E-state index is -0.433. The maximum Gasteiger partial charge on any atom is 0.0713 e. The van der Waals surface area contributed by atoms with Crippen molar-refractivity contribution in [3.05, 3.63) is 270 Å². The number of anilines is 3. The lowest BCUT2D eigenvalue weighted by Crippen LogP contribution is -2.28. The summed E-state index contributed by atoms with van der Waals surface area (Å²) in [5.41, 5.74) is 18.2. The number of aryl methyl sites for hydroxylation is 2. The van der Waals surface area contributed by atoms with Crippen LogP contribution in [0.25, 0.3) is 65.7 Å². The van der Waals surface area contributed by atoms with Crippen molar-refractivity contribution in [1.29, 1.82) is 0 Å². The molecule has 1 heteroatoms. The molecule has 12 rings (SSSR count). The van der Waals surface area contributed by atoms with Crippen LogP contribution in [0.2, 0.25) is 0 Å². The molecule has 1 aliphatic rings. The Morgan fingerprint density at radius 1 is 0.312 bits per heavy atom. The molecule has 0 saturated carbocycles. The van der Waals surface area contributed by atoms with Gasteiger partial charge in [0.1, 0.15) is 0 Å². The van der Waals surface area contributed by atoms with E-state index in [2.05, 4.69) is 255 Å². The molecule has 0 radical (unpaired) electrons. The van der Waals surface area contributed by atoms with Crippen LogP contribution in [0.1, 0.15) is 33.4 Å². The van der Waals surface area contributed by atoms with Gasteiger partial charge in [0.15, 0.2) is 0 Å². The van der Waals surface area contributed by atoms with Crippen LogP contribution in [0.4, 0.5) is 17.1 Å². The van der Waals surface area contributed by atoms with Crippen molar-refractivity contribution >= 4 is 49.4 Å². The smallest absolute Gasteiger partial charge is 0.0713 e. The van der Waals surface area contributed by atoms with Crippen LogP contribution >= 0.6 is 0 Å². The van der Waals surface area contributed by atoms with Gasteiger partial charge in [0, 0.05) is 17.1 Å². The fourth-order valence-electron chi connectivity index (χ4n) is 10.9. The van der Waals surface area contributed by atoms with E-state index in [1.165, 1.54) is 99.1 Å². The van der Waals surface area contributed by atoms with Crippen LogP contribution in [0.3, 0.4) is 0 Å². The van der Waals surface area contributed by atoms with E-state index in [1.54, 1.807) is 0 Å². The normalized spacial score (nSPS) is 12.7. The largest absolute Gasteiger partial charge is 0.310 e. The highest BCUT2D eigenvalue weighted by Crippen LogP contribution is 2.57. The first-order valence-electron chi connectivity index (χ1n) is 22.3. The molecule has 0 aromatic heterocycles. The first-order valence-corrected chi connectivity index (χ1v) is 22.3. The van der Waals surface area contributed by atoms with E-state index in [0.717, 1.165) is 17.1 Å². The Morgan fingerprint density at radius 3 is 1.34 bits per heavy atom. The molecular weight excluding hydrogens is 771 g/mol. The average molecular weight is 816 g/mol. The van der Waals surface area contributed by atoms with E-state index in [9.17, 15) is 0 Å². The summed E-state index contributed by atoms with van der Waals surface area (Å²) in [5.74, 6) is 0. The minimum Gasteiger partial charge on any atom is -0.310 e. The van der Waals surface area contributed by atoms with Crippen molar-refractivity contribution < 1.29 is 0 Å².